The van der Waals surface area contributed by atoms with Crippen molar-refractivity contribution in [2.24, 2.45) is 0 Å². The number of para-hydroxylation sites is 1. The summed E-state index contributed by atoms with van der Waals surface area (Å²) in [7, 11) is 0. The van der Waals surface area contributed by atoms with Crippen molar-refractivity contribution in [1.29, 1.82) is 0 Å². The van der Waals surface area contributed by atoms with Gasteiger partial charge in [0.05, 0.1) is 11.0 Å². The number of rotatable bonds is 5. The minimum atomic E-state index is -0.259. The van der Waals surface area contributed by atoms with Gasteiger partial charge in [0.25, 0.3) is 0 Å². The Bertz CT molecular complexity index is 852. The average molecular weight is 383 g/mol. The Hall–Kier alpha value is -2.80. The van der Waals surface area contributed by atoms with E-state index in [-0.39, 0.29) is 28.7 Å². The molecular weight excluding hydrogens is 362 g/mol. The fourth-order valence-electron chi connectivity index (χ4n) is 2.86. The van der Waals surface area contributed by atoms with E-state index in [0.29, 0.717) is 17.8 Å². The van der Waals surface area contributed by atoms with Crippen molar-refractivity contribution < 1.29 is 14.4 Å². The van der Waals surface area contributed by atoms with Crippen LogP contribution in [0.1, 0.15) is 18.9 Å². The lowest BCUT2D eigenvalue weighted by atomic mass is 10.1. The number of nitrogens with one attached hydrogen (secondary N) is 3. The fourth-order valence-corrected chi connectivity index (χ4v) is 3.78. The van der Waals surface area contributed by atoms with Crippen molar-refractivity contribution >= 4 is 46.5 Å². The topological polar surface area (TPSA) is 87.3 Å². The third kappa shape index (κ3) is 5.34. The first kappa shape index (κ1) is 19.0. The zero-order valence-corrected chi connectivity index (χ0v) is 15.8. The summed E-state index contributed by atoms with van der Waals surface area (Å²) in [5.41, 5.74) is 3.30. The first-order valence-corrected chi connectivity index (χ1v) is 9.74. The van der Waals surface area contributed by atoms with Gasteiger partial charge in [-0.1, -0.05) is 18.2 Å². The maximum Gasteiger partial charge on any atom is 0.237 e. The Kier molecular flexibility index (Phi) is 6.13. The molecule has 1 heterocycles. The lowest BCUT2D eigenvalue weighted by Crippen LogP contribution is -2.26. The Balaban J connectivity index is 1.50. The van der Waals surface area contributed by atoms with Crippen molar-refractivity contribution in [2.75, 3.05) is 21.7 Å². The molecular formula is C20H21N3O3S. The molecule has 0 bridgehead atoms. The lowest BCUT2D eigenvalue weighted by Gasteiger charge is -2.13. The van der Waals surface area contributed by atoms with Crippen LogP contribution in [0, 0.1) is 0 Å². The molecule has 7 heteroatoms. The molecule has 3 rings (SSSR count). The van der Waals surface area contributed by atoms with E-state index in [1.165, 1.54) is 18.7 Å². The predicted molar refractivity (Wildman–Crippen MR) is 109 cm³/mol. The zero-order chi connectivity index (χ0) is 19.2. The number of aryl methyl sites for hydroxylation is 1. The molecule has 0 fully saturated rings. The molecule has 0 spiro atoms. The van der Waals surface area contributed by atoms with Gasteiger partial charge < -0.3 is 16.0 Å². The summed E-state index contributed by atoms with van der Waals surface area (Å²) in [4.78, 5) is 35.6. The van der Waals surface area contributed by atoms with Crippen molar-refractivity contribution in [3.8, 4) is 0 Å². The van der Waals surface area contributed by atoms with Crippen LogP contribution in [-0.4, -0.2) is 28.7 Å². The van der Waals surface area contributed by atoms with Crippen molar-refractivity contribution in [3.05, 3.63) is 54.1 Å². The smallest absolute Gasteiger partial charge is 0.237 e. The van der Waals surface area contributed by atoms with Crippen LogP contribution in [0.3, 0.4) is 0 Å². The molecule has 27 heavy (non-hydrogen) atoms. The van der Waals surface area contributed by atoms with E-state index in [1.807, 2.05) is 24.3 Å². The van der Waals surface area contributed by atoms with Gasteiger partial charge in [0, 0.05) is 24.0 Å². The normalized spacial score (nSPS) is 15.9. The van der Waals surface area contributed by atoms with Gasteiger partial charge in [-0.25, -0.2) is 0 Å². The third-order valence-corrected chi connectivity index (χ3v) is 5.43. The molecule has 0 aromatic heterocycles. The molecule has 3 amide bonds. The second-order valence-electron chi connectivity index (χ2n) is 6.29. The van der Waals surface area contributed by atoms with Crippen LogP contribution in [0.5, 0.6) is 0 Å². The first-order valence-electron chi connectivity index (χ1n) is 8.69. The number of amides is 3. The van der Waals surface area contributed by atoms with E-state index >= 15 is 0 Å². The summed E-state index contributed by atoms with van der Waals surface area (Å²) < 4.78 is 0. The van der Waals surface area contributed by atoms with E-state index < -0.39 is 0 Å². The van der Waals surface area contributed by atoms with Crippen LogP contribution in [0.15, 0.2) is 48.5 Å². The van der Waals surface area contributed by atoms with Crippen molar-refractivity contribution in [1.82, 2.24) is 0 Å². The van der Waals surface area contributed by atoms with Crippen LogP contribution < -0.4 is 16.0 Å². The van der Waals surface area contributed by atoms with Crippen molar-refractivity contribution in [3.63, 3.8) is 0 Å². The Morgan fingerprint density at radius 2 is 1.74 bits per heavy atom. The average Bonchev–Trinajstić information content (AvgIpc) is 2.79. The first-order chi connectivity index (χ1) is 13.0. The molecule has 0 radical (unpaired) electrons. The van der Waals surface area contributed by atoms with Crippen LogP contribution in [0.25, 0.3) is 0 Å². The van der Waals surface area contributed by atoms with Gasteiger partial charge in [-0.15, -0.1) is 11.8 Å². The van der Waals surface area contributed by atoms with E-state index in [1.54, 1.807) is 24.3 Å². The minimum absolute atomic E-state index is 0.0580. The SMILES string of the molecule is CC(=O)Nc1ccc(NC(=O)CS[C@H]2CCc3ccccc3NC2=O)cc1. The van der Waals surface area contributed by atoms with Crippen LogP contribution in [0.2, 0.25) is 0 Å². The van der Waals surface area contributed by atoms with E-state index in [4.69, 9.17) is 0 Å². The van der Waals surface area contributed by atoms with Gasteiger partial charge in [-0.2, -0.15) is 0 Å². The van der Waals surface area contributed by atoms with Gasteiger partial charge in [0.15, 0.2) is 0 Å². The summed E-state index contributed by atoms with van der Waals surface area (Å²) in [5, 5.41) is 8.16. The maximum absolute atomic E-state index is 12.4. The number of hydrogen-bond donors (Lipinski definition) is 3. The predicted octanol–water partition coefficient (Wildman–Crippen LogP) is 3.27. The molecule has 0 saturated carbocycles. The number of hydrogen-bond acceptors (Lipinski definition) is 4. The number of anilines is 3. The molecule has 2 aromatic rings. The number of carbonyl (C=O) groups is 3. The molecule has 0 unspecified atom stereocenters. The third-order valence-electron chi connectivity index (χ3n) is 4.15. The molecule has 140 valence electrons. The van der Waals surface area contributed by atoms with Gasteiger partial charge in [-0.05, 0) is 48.7 Å². The second kappa shape index (κ2) is 8.73. The van der Waals surface area contributed by atoms with Gasteiger partial charge >= 0.3 is 0 Å². The summed E-state index contributed by atoms with van der Waals surface area (Å²) >= 11 is 1.35. The summed E-state index contributed by atoms with van der Waals surface area (Å²) in [6.45, 7) is 1.44. The van der Waals surface area contributed by atoms with Crippen molar-refractivity contribution in [2.45, 2.75) is 25.0 Å². The molecule has 1 aliphatic heterocycles. The highest BCUT2D eigenvalue weighted by molar-refractivity contribution is 8.01. The number of carbonyl (C=O) groups excluding carboxylic acids is 3. The molecule has 0 aliphatic carbocycles. The summed E-state index contributed by atoms with van der Waals surface area (Å²) in [6.07, 6.45) is 1.50. The minimum Gasteiger partial charge on any atom is -0.326 e. The fraction of sp³-hybridized carbons (Fsp3) is 0.250. The van der Waals surface area contributed by atoms with Crippen LogP contribution in [0.4, 0.5) is 17.1 Å². The second-order valence-corrected chi connectivity index (χ2v) is 7.48. The quantitative estimate of drug-likeness (QED) is 0.739. The highest BCUT2D eigenvalue weighted by atomic mass is 32.2. The van der Waals surface area contributed by atoms with E-state index in [9.17, 15) is 14.4 Å². The van der Waals surface area contributed by atoms with E-state index in [0.717, 1.165) is 17.7 Å². The van der Waals surface area contributed by atoms with Gasteiger partial charge in [0.2, 0.25) is 17.7 Å². The molecule has 0 saturated heterocycles. The monoisotopic (exact) mass is 383 g/mol. The maximum atomic E-state index is 12.4. The highest BCUT2D eigenvalue weighted by Crippen LogP contribution is 2.27. The molecule has 3 N–H and O–H groups in total. The zero-order valence-electron chi connectivity index (χ0n) is 15.0. The summed E-state index contributed by atoms with van der Waals surface area (Å²) in [5.74, 6) is -0.173. The Morgan fingerprint density at radius 3 is 2.44 bits per heavy atom. The van der Waals surface area contributed by atoms with E-state index in [2.05, 4.69) is 16.0 Å². The number of benzene rings is 2. The summed E-state index contributed by atoms with van der Waals surface area (Å²) in [6, 6.07) is 14.7. The Morgan fingerprint density at radius 1 is 1.07 bits per heavy atom. The van der Waals surface area contributed by atoms with Gasteiger partial charge in [0.1, 0.15) is 0 Å². The van der Waals surface area contributed by atoms with Gasteiger partial charge in [-0.3, -0.25) is 14.4 Å². The molecule has 2 aromatic carbocycles. The number of thioether (sulfide) groups is 1. The molecule has 1 aliphatic rings. The standard InChI is InChI=1S/C20H21N3O3S/c1-13(24)21-15-7-9-16(10-8-15)22-19(25)12-27-18-11-6-14-4-2-3-5-17(14)23-20(18)26/h2-5,7-10,18H,6,11-12H2,1H3,(H,21,24)(H,22,25)(H,23,26)/t18-/m0/s1. The van der Waals surface area contributed by atoms with Crippen LogP contribution >= 0.6 is 11.8 Å². The highest BCUT2D eigenvalue weighted by Gasteiger charge is 2.24. The van der Waals surface area contributed by atoms with Crippen LogP contribution in [-0.2, 0) is 20.8 Å². The molecule has 1 atom stereocenters. The Labute approximate surface area is 162 Å². The molecule has 6 nitrogen and oxygen atoms in total. The largest absolute Gasteiger partial charge is 0.326 e. The number of fused-ring (bicyclic) bond motifs is 1. The lowest BCUT2D eigenvalue weighted by molar-refractivity contribution is -0.116.